The fraction of sp³-hybridized carbons (Fsp3) is 0.148. The van der Waals surface area contributed by atoms with E-state index >= 15 is 0 Å². The molecule has 1 heterocycles. The quantitative estimate of drug-likeness (QED) is 0.327. The Balaban J connectivity index is 1.70. The van der Waals surface area contributed by atoms with Crippen molar-refractivity contribution < 1.29 is 8.95 Å². The fourth-order valence-corrected chi connectivity index (χ4v) is 4.31. The molecule has 180 valence electrons. The van der Waals surface area contributed by atoms with E-state index in [4.69, 9.17) is 14.9 Å². The lowest BCUT2D eigenvalue weighted by molar-refractivity contribution is 0.340. The van der Waals surface area contributed by atoms with Gasteiger partial charge in [0.2, 0.25) is 5.95 Å². The van der Waals surface area contributed by atoms with Gasteiger partial charge in [0.05, 0.1) is 16.3 Å². The Labute approximate surface area is 206 Å². The number of ether oxygens (including phenoxy) is 1. The van der Waals surface area contributed by atoms with Crippen LogP contribution in [0.3, 0.4) is 0 Å². The largest absolute Gasteiger partial charge is 0.494 e. The van der Waals surface area contributed by atoms with Crippen LogP contribution in [0.15, 0.2) is 90.0 Å². The van der Waals surface area contributed by atoms with Gasteiger partial charge < -0.3 is 15.0 Å². The number of benzene rings is 3. The number of anilines is 3. The van der Waals surface area contributed by atoms with E-state index in [1.54, 1.807) is 24.4 Å². The van der Waals surface area contributed by atoms with E-state index in [0.717, 1.165) is 22.7 Å². The second kappa shape index (κ2) is 10.6. The number of hydrogen-bond donors (Lipinski definition) is 2. The van der Waals surface area contributed by atoms with Gasteiger partial charge in [0.15, 0.2) is 0 Å². The van der Waals surface area contributed by atoms with Crippen molar-refractivity contribution in [3.05, 3.63) is 90.6 Å². The molecule has 0 spiro atoms. The SMILES string of the molecule is C=S(N)(=O)c1cccc(Nc2ncc(-c3ccc(OCC)cc3)c(N(C)Cc3ccccc3)n2)c1. The summed E-state index contributed by atoms with van der Waals surface area (Å²) < 4.78 is 17.8. The molecule has 0 amide bonds. The average Bonchev–Trinajstić information content (AvgIpc) is 2.85. The second-order valence-corrected chi connectivity index (χ2v) is 10.0. The molecule has 3 aromatic carbocycles. The standard InChI is InChI=1S/C27H29N5O2S/c1-4-34-23-15-13-21(14-16-23)25-18-29-27(30-22-11-8-12-24(17-22)35(3,28)33)31-26(25)32(2)19-20-9-6-5-7-10-20/h5-18H,3-4,19H2,1-2H3,(H2,28,33)(H,29,30,31). The molecule has 0 fully saturated rings. The van der Waals surface area contributed by atoms with E-state index in [1.807, 2.05) is 62.5 Å². The minimum absolute atomic E-state index is 0.416. The third-order valence-corrected chi connectivity index (χ3v) is 6.41. The molecule has 0 bridgehead atoms. The zero-order chi connectivity index (χ0) is 24.8. The number of nitrogens with one attached hydrogen (secondary N) is 1. The van der Waals surface area contributed by atoms with Gasteiger partial charge in [-0.05, 0) is 54.3 Å². The molecule has 4 aromatic rings. The molecular formula is C27H29N5O2S. The van der Waals surface area contributed by atoms with Crippen LogP contribution < -0.4 is 20.1 Å². The van der Waals surface area contributed by atoms with Crippen molar-refractivity contribution >= 4 is 33.0 Å². The maximum absolute atomic E-state index is 12.2. The molecule has 0 radical (unpaired) electrons. The fourth-order valence-electron chi connectivity index (χ4n) is 3.68. The van der Waals surface area contributed by atoms with Crippen LogP contribution in [0, 0.1) is 0 Å². The minimum atomic E-state index is -2.82. The Hall–Kier alpha value is -3.88. The van der Waals surface area contributed by atoms with E-state index < -0.39 is 9.71 Å². The van der Waals surface area contributed by atoms with Crippen molar-refractivity contribution in [2.24, 2.45) is 5.14 Å². The minimum Gasteiger partial charge on any atom is -0.494 e. The van der Waals surface area contributed by atoms with Gasteiger partial charge >= 0.3 is 0 Å². The summed E-state index contributed by atoms with van der Waals surface area (Å²) in [7, 11) is -0.820. The number of hydrogen-bond acceptors (Lipinski definition) is 6. The molecule has 4 rings (SSSR count). The Morgan fingerprint density at radius 1 is 1.06 bits per heavy atom. The Morgan fingerprint density at radius 2 is 1.80 bits per heavy atom. The summed E-state index contributed by atoms with van der Waals surface area (Å²) in [4.78, 5) is 11.9. The number of aromatic nitrogens is 2. The third-order valence-electron chi connectivity index (χ3n) is 5.36. The van der Waals surface area contributed by atoms with Crippen molar-refractivity contribution in [3.63, 3.8) is 0 Å². The molecule has 0 saturated carbocycles. The Kier molecular flexibility index (Phi) is 7.33. The number of nitrogens with two attached hydrogens (primary N) is 1. The van der Waals surface area contributed by atoms with Crippen LogP contribution in [0.25, 0.3) is 11.1 Å². The first-order valence-electron chi connectivity index (χ1n) is 11.2. The van der Waals surface area contributed by atoms with Crippen LogP contribution in [0.4, 0.5) is 17.5 Å². The molecule has 1 unspecified atom stereocenters. The van der Waals surface area contributed by atoms with Crippen LogP contribution in [-0.2, 0) is 16.3 Å². The van der Waals surface area contributed by atoms with E-state index in [1.165, 1.54) is 5.56 Å². The summed E-state index contributed by atoms with van der Waals surface area (Å²) in [6, 6.07) is 25.1. The van der Waals surface area contributed by atoms with Crippen molar-refractivity contribution in [1.29, 1.82) is 0 Å². The highest BCUT2D eigenvalue weighted by atomic mass is 32.2. The lowest BCUT2D eigenvalue weighted by Gasteiger charge is -2.22. The zero-order valence-corrected chi connectivity index (χ0v) is 20.7. The van der Waals surface area contributed by atoms with Crippen LogP contribution in [0.1, 0.15) is 12.5 Å². The predicted molar refractivity (Wildman–Crippen MR) is 145 cm³/mol. The number of nitrogens with zero attached hydrogens (tertiary/aromatic N) is 3. The van der Waals surface area contributed by atoms with E-state index in [9.17, 15) is 4.21 Å². The van der Waals surface area contributed by atoms with Crippen LogP contribution in [-0.4, -0.2) is 33.7 Å². The Bertz CT molecular complexity index is 1390. The van der Waals surface area contributed by atoms with Gasteiger partial charge in [0.25, 0.3) is 0 Å². The van der Waals surface area contributed by atoms with Gasteiger partial charge in [-0.1, -0.05) is 48.5 Å². The maximum atomic E-state index is 12.2. The van der Waals surface area contributed by atoms with E-state index in [-0.39, 0.29) is 0 Å². The van der Waals surface area contributed by atoms with Gasteiger partial charge in [0.1, 0.15) is 11.6 Å². The first-order chi connectivity index (χ1) is 16.8. The second-order valence-electron chi connectivity index (χ2n) is 8.11. The topological polar surface area (TPSA) is 93.4 Å². The highest BCUT2D eigenvalue weighted by Gasteiger charge is 2.15. The average molecular weight is 488 g/mol. The Morgan fingerprint density at radius 3 is 2.49 bits per heavy atom. The monoisotopic (exact) mass is 487 g/mol. The molecule has 7 nitrogen and oxygen atoms in total. The van der Waals surface area contributed by atoms with Crippen molar-refractivity contribution in [2.45, 2.75) is 18.4 Å². The maximum Gasteiger partial charge on any atom is 0.229 e. The van der Waals surface area contributed by atoms with Crippen molar-refractivity contribution in [3.8, 4) is 16.9 Å². The molecule has 8 heteroatoms. The van der Waals surface area contributed by atoms with E-state index in [2.05, 4.69) is 33.2 Å². The smallest absolute Gasteiger partial charge is 0.229 e. The van der Waals surface area contributed by atoms with Crippen molar-refractivity contribution in [2.75, 3.05) is 23.9 Å². The summed E-state index contributed by atoms with van der Waals surface area (Å²) >= 11 is 0. The molecule has 1 atom stereocenters. The molecule has 0 aliphatic rings. The van der Waals surface area contributed by atoms with Gasteiger partial charge in [0, 0.05) is 35.9 Å². The number of rotatable bonds is 9. The zero-order valence-electron chi connectivity index (χ0n) is 19.8. The van der Waals surface area contributed by atoms with Gasteiger partial charge in [-0.25, -0.2) is 9.19 Å². The van der Waals surface area contributed by atoms with Crippen molar-refractivity contribution in [1.82, 2.24) is 9.97 Å². The first-order valence-corrected chi connectivity index (χ1v) is 13.0. The molecule has 1 aromatic heterocycles. The normalized spacial score (nSPS) is 12.5. The highest BCUT2D eigenvalue weighted by molar-refractivity contribution is 7.98. The summed E-state index contributed by atoms with van der Waals surface area (Å²) in [5, 5.41) is 8.91. The van der Waals surface area contributed by atoms with E-state index in [0.29, 0.717) is 29.7 Å². The van der Waals surface area contributed by atoms with Gasteiger partial charge in [-0.15, -0.1) is 0 Å². The summed E-state index contributed by atoms with van der Waals surface area (Å²) in [5.41, 5.74) is 3.72. The predicted octanol–water partition coefficient (Wildman–Crippen LogP) is 4.87. The molecule has 3 N–H and O–H groups in total. The lowest BCUT2D eigenvalue weighted by Crippen LogP contribution is -2.19. The summed E-state index contributed by atoms with van der Waals surface area (Å²) in [6.45, 7) is 3.25. The molecular weight excluding hydrogens is 458 g/mol. The van der Waals surface area contributed by atoms with Crippen LogP contribution in [0.2, 0.25) is 0 Å². The third kappa shape index (κ3) is 6.17. The molecule has 0 aliphatic carbocycles. The summed E-state index contributed by atoms with van der Waals surface area (Å²) in [6.07, 6.45) is 1.80. The lowest BCUT2D eigenvalue weighted by atomic mass is 10.1. The van der Waals surface area contributed by atoms with Crippen LogP contribution >= 0.6 is 0 Å². The molecule has 35 heavy (non-hydrogen) atoms. The first kappa shape index (κ1) is 24.3. The molecule has 0 aliphatic heterocycles. The van der Waals surface area contributed by atoms with Gasteiger partial charge in [-0.2, -0.15) is 4.98 Å². The highest BCUT2D eigenvalue weighted by Crippen LogP contribution is 2.31. The van der Waals surface area contributed by atoms with Crippen LogP contribution in [0.5, 0.6) is 5.75 Å². The van der Waals surface area contributed by atoms with Gasteiger partial charge in [-0.3, -0.25) is 5.14 Å². The summed E-state index contributed by atoms with van der Waals surface area (Å²) in [5.74, 6) is 5.56. The molecule has 0 saturated heterocycles.